The molecule has 1 atom stereocenters. The smallest absolute Gasteiger partial charge is 0.235 e. The van der Waals surface area contributed by atoms with E-state index < -0.39 is 5.41 Å². The first kappa shape index (κ1) is 17.7. The van der Waals surface area contributed by atoms with Crippen molar-refractivity contribution in [3.05, 3.63) is 29.8 Å². The van der Waals surface area contributed by atoms with Gasteiger partial charge >= 0.3 is 0 Å². The third-order valence-corrected chi connectivity index (χ3v) is 4.97. The fourth-order valence-electron chi connectivity index (χ4n) is 3.18. The molecule has 25 heavy (non-hydrogen) atoms. The second kappa shape index (κ2) is 7.87. The Bertz CT molecular complexity index is 622. The van der Waals surface area contributed by atoms with Crippen LogP contribution in [-0.2, 0) is 20.7 Å². The molecule has 1 aromatic rings. The molecule has 1 heterocycles. The van der Waals surface area contributed by atoms with Gasteiger partial charge in [0.1, 0.15) is 11.2 Å². The number of hydrogen-bond acceptors (Lipinski definition) is 4. The second-order valence-corrected chi connectivity index (χ2v) is 6.78. The van der Waals surface area contributed by atoms with Crippen LogP contribution in [0.1, 0.15) is 31.2 Å². The zero-order valence-corrected chi connectivity index (χ0v) is 14.7. The lowest BCUT2D eigenvalue weighted by atomic mass is 10.0. The molecule has 1 aromatic carbocycles. The molecule has 6 nitrogen and oxygen atoms in total. The van der Waals surface area contributed by atoms with Gasteiger partial charge in [-0.2, -0.15) is 0 Å². The molecule has 0 aromatic heterocycles. The normalized spacial score (nSPS) is 20.8. The minimum absolute atomic E-state index is 0.0934. The highest BCUT2D eigenvalue weighted by Gasteiger charge is 2.56. The van der Waals surface area contributed by atoms with Crippen molar-refractivity contribution in [1.29, 1.82) is 0 Å². The number of methoxy groups -OCH3 is 1. The van der Waals surface area contributed by atoms with Crippen molar-refractivity contribution in [3.8, 4) is 5.75 Å². The molecule has 2 aliphatic rings. The van der Waals surface area contributed by atoms with E-state index in [2.05, 4.69) is 10.6 Å². The number of ether oxygens (including phenoxy) is 2. The van der Waals surface area contributed by atoms with Gasteiger partial charge in [-0.25, -0.2) is 0 Å². The van der Waals surface area contributed by atoms with Crippen molar-refractivity contribution < 1.29 is 19.1 Å². The van der Waals surface area contributed by atoms with Crippen molar-refractivity contribution in [2.24, 2.45) is 5.41 Å². The quantitative estimate of drug-likeness (QED) is 0.698. The molecule has 1 aliphatic carbocycles. The van der Waals surface area contributed by atoms with Crippen molar-refractivity contribution in [2.75, 3.05) is 26.8 Å². The molecule has 136 valence electrons. The van der Waals surface area contributed by atoms with Crippen LogP contribution >= 0.6 is 0 Å². The molecule has 2 N–H and O–H groups in total. The lowest BCUT2D eigenvalue weighted by molar-refractivity contribution is -0.137. The van der Waals surface area contributed by atoms with E-state index in [1.165, 1.54) is 0 Å². The van der Waals surface area contributed by atoms with Crippen LogP contribution in [0, 0.1) is 5.41 Å². The monoisotopic (exact) mass is 346 g/mol. The number of hydrogen-bond donors (Lipinski definition) is 2. The molecule has 1 unspecified atom stereocenters. The molecule has 3 rings (SSSR count). The summed E-state index contributed by atoms with van der Waals surface area (Å²) >= 11 is 0. The van der Waals surface area contributed by atoms with Gasteiger partial charge in [0, 0.05) is 19.7 Å². The number of rotatable bonds is 8. The van der Waals surface area contributed by atoms with Crippen LogP contribution in [0.5, 0.6) is 5.75 Å². The van der Waals surface area contributed by atoms with Gasteiger partial charge in [-0.15, -0.1) is 0 Å². The Kier molecular flexibility index (Phi) is 5.58. The van der Waals surface area contributed by atoms with E-state index in [0.29, 0.717) is 32.4 Å². The standard InChI is InChI=1S/C19H26N2O4/c1-24-15-5-2-4-14(12-15)7-10-20-17(22)19(8-9-19)18(23)21-13-16-6-3-11-25-16/h2,4-5,12,16H,3,6-11,13H2,1H3,(H,20,22)(H,21,23). The van der Waals surface area contributed by atoms with Crippen molar-refractivity contribution >= 4 is 11.8 Å². The summed E-state index contributed by atoms with van der Waals surface area (Å²) in [5, 5.41) is 5.80. The van der Waals surface area contributed by atoms with Gasteiger partial charge in [-0.1, -0.05) is 12.1 Å². The number of nitrogens with one attached hydrogen (secondary N) is 2. The number of carbonyl (C=O) groups is 2. The van der Waals surface area contributed by atoms with Crippen LogP contribution in [0.4, 0.5) is 0 Å². The van der Waals surface area contributed by atoms with E-state index in [1.54, 1.807) is 7.11 Å². The lowest BCUT2D eigenvalue weighted by Crippen LogP contribution is -2.45. The number of benzene rings is 1. The van der Waals surface area contributed by atoms with Gasteiger partial charge in [0.05, 0.1) is 13.2 Å². The lowest BCUT2D eigenvalue weighted by Gasteiger charge is -2.17. The highest BCUT2D eigenvalue weighted by atomic mass is 16.5. The Morgan fingerprint density at radius 2 is 2.08 bits per heavy atom. The number of carbonyl (C=O) groups excluding carboxylic acids is 2. The summed E-state index contributed by atoms with van der Waals surface area (Å²) in [6.45, 7) is 1.76. The topological polar surface area (TPSA) is 76.7 Å². The van der Waals surface area contributed by atoms with E-state index in [1.807, 2.05) is 24.3 Å². The van der Waals surface area contributed by atoms with Gasteiger partial charge in [-0.05, 0) is 49.8 Å². The summed E-state index contributed by atoms with van der Waals surface area (Å²) in [7, 11) is 1.63. The maximum atomic E-state index is 12.5. The van der Waals surface area contributed by atoms with Gasteiger partial charge in [0.2, 0.25) is 11.8 Å². The molecule has 2 amide bonds. The Labute approximate surface area is 148 Å². The maximum absolute atomic E-state index is 12.5. The highest BCUT2D eigenvalue weighted by molar-refractivity contribution is 6.07. The van der Waals surface area contributed by atoms with E-state index in [4.69, 9.17) is 9.47 Å². The molecule has 0 spiro atoms. The molecular weight excluding hydrogens is 320 g/mol. The molecule has 1 saturated heterocycles. The average molecular weight is 346 g/mol. The first-order valence-electron chi connectivity index (χ1n) is 8.95. The third kappa shape index (κ3) is 4.31. The summed E-state index contributed by atoms with van der Waals surface area (Å²) in [4.78, 5) is 24.8. The van der Waals surface area contributed by atoms with Crippen LogP contribution in [-0.4, -0.2) is 44.7 Å². The molecule has 0 bridgehead atoms. The Morgan fingerprint density at radius 1 is 1.28 bits per heavy atom. The summed E-state index contributed by atoms with van der Waals surface area (Å²) in [6, 6.07) is 7.76. The van der Waals surface area contributed by atoms with E-state index in [-0.39, 0.29) is 17.9 Å². The van der Waals surface area contributed by atoms with Gasteiger partial charge in [0.15, 0.2) is 0 Å². The molecular formula is C19H26N2O4. The zero-order chi connectivity index (χ0) is 17.7. The fraction of sp³-hybridized carbons (Fsp3) is 0.579. The minimum Gasteiger partial charge on any atom is -0.497 e. The fourth-order valence-corrected chi connectivity index (χ4v) is 3.18. The minimum atomic E-state index is -0.868. The molecule has 1 aliphatic heterocycles. The largest absolute Gasteiger partial charge is 0.497 e. The third-order valence-electron chi connectivity index (χ3n) is 4.97. The van der Waals surface area contributed by atoms with Crippen molar-refractivity contribution in [3.63, 3.8) is 0 Å². The highest BCUT2D eigenvalue weighted by Crippen LogP contribution is 2.46. The predicted molar refractivity (Wildman–Crippen MR) is 93.4 cm³/mol. The SMILES string of the molecule is COc1cccc(CCNC(=O)C2(C(=O)NCC3CCCO3)CC2)c1. The summed E-state index contributed by atoms with van der Waals surface area (Å²) in [5.41, 5.74) is 0.222. The summed E-state index contributed by atoms with van der Waals surface area (Å²) < 4.78 is 10.7. The molecule has 2 fully saturated rings. The zero-order valence-electron chi connectivity index (χ0n) is 14.7. The van der Waals surface area contributed by atoms with Crippen LogP contribution in [0.15, 0.2) is 24.3 Å². The predicted octanol–water partition coefficient (Wildman–Crippen LogP) is 1.43. The van der Waals surface area contributed by atoms with Crippen LogP contribution in [0.2, 0.25) is 0 Å². The van der Waals surface area contributed by atoms with Crippen LogP contribution in [0.3, 0.4) is 0 Å². The van der Waals surface area contributed by atoms with Crippen molar-refractivity contribution in [1.82, 2.24) is 10.6 Å². The second-order valence-electron chi connectivity index (χ2n) is 6.78. The first-order chi connectivity index (χ1) is 12.1. The first-order valence-corrected chi connectivity index (χ1v) is 8.95. The Morgan fingerprint density at radius 3 is 2.76 bits per heavy atom. The van der Waals surface area contributed by atoms with Gasteiger partial charge in [0.25, 0.3) is 0 Å². The van der Waals surface area contributed by atoms with Crippen molar-refractivity contribution in [2.45, 2.75) is 38.2 Å². The molecule has 6 heteroatoms. The molecule has 1 saturated carbocycles. The van der Waals surface area contributed by atoms with E-state index in [0.717, 1.165) is 30.8 Å². The maximum Gasteiger partial charge on any atom is 0.235 e. The Hall–Kier alpha value is -2.08. The van der Waals surface area contributed by atoms with Gasteiger partial charge < -0.3 is 20.1 Å². The van der Waals surface area contributed by atoms with Crippen LogP contribution < -0.4 is 15.4 Å². The number of amides is 2. The summed E-state index contributed by atoms with van der Waals surface area (Å²) in [5.74, 6) is 0.470. The van der Waals surface area contributed by atoms with E-state index >= 15 is 0 Å². The van der Waals surface area contributed by atoms with Gasteiger partial charge in [-0.3, -0.25) is 9.59 Å². The molecule has 0 radical (unpaired) electrons. The average Bonchev–Trinajstić information content (AvgIpc) is 3.29. The van der Waals surface area contributed by atoms with E-state index in [9.17, 15) is 9.59 Å². The van der Waals surface area contributed by atoms with Crippen LogP contribution in [0.25, 0.3) is 0 Å². The summed E-state index contributed by atoms with van der Waals surface area (Å²) in [6.07, 6.45) is 4.05. The Balaban J connectivity index is 1.44.